The van der Waals surface area contributed by atoms with Crippen molar-refractivity contribution in [2.75, 3.05) is 32.5 Å². The van der Waals surface area contributed by atoms with Gasteiger partial charge in [-0.25, -0.2) is 8.42 Å². The van der Waals surface area contributed by atoms with Crippen LogP contribution in [-0.2, 0) is 14.8 Å². The van der Waals surface area contributed by atoms with Crippen molar-refractivity contribution >= 4 is 27.3 Å². The molecule has 1 fully saturated rings. The Hall–Kier alpha value is -0.820. The van der Waals surface area contributed by atoms with E-state index >= 15 is 0 Å². The lowest BCUT2D eigenvalue weighted by molar-refractivity contribution is 0.121. The van der Waals surface area contributed by atoms with Crippen LogP contribution < -0.4 is 5.73 Å². The monoisotopic (exact) mass is 318 g/mol. The third kappa shape index (κ3) is 3.25. The van der Waals surface area contributed by atoms with Crippen LogP contribution in [0.25, 0.3) is 0 Å². The molecule has 0 aliphatic carbocycles. The molecule has 0 unspecified atom stereocenters. The van der Waals surface area contributed by atoms with Crippen LogP contribution >= 0.6 is 11.6 Å². The molecule has 2 N–H and O–H groups in total. The molecule has 1 saturated heterocycles. The fraction of sp³-hybridized carbons (Fsp3) is 0.538. The van der Waals surface area contributed by atoms with Crippen LogP contribution in [0.15, 0.2) is 23.1 Å². The molecule has 0 atom stereocenters. The third-order valence-corrected chi connectivity index (χ3v) is 5.81. The topological polar surface area (TPSA) is 72.6 Å². The summed E-state index contributed by atoms with van der Waals surface area (Å²) in [6, 6.07) is 4.43. The van der Waals surface area contributed by atoms with Crippen molar-refractivity contribution < 1.29 is 13.2 Å². The summed E-state index contributed by atoms with van der Waals surface area (Å²) in [5, 5.41) is 0.264. The molecule has 0 aromatic heterocycles. The van der Waals surface area contributed by atoms with Crippen molar-refractivity contribution in [2.24, 2.45) is 5.92 Å². The lowest BCUT2D eigenvalue weighted by Crippen LogP contribution is -2.39. The molecule has 0 saturated carbocycles. The van der Waals surface area contributed by atoms with E-state index in [9.17, 15) is 8.42 Å². The zero-order valence-electron chi connectivity index (χ0n) is 11.4. The number of nitrogen functional groups attached to an aromatic ring is 1. The fourth-order valence-electron chi connectivity index (χ4n) is 2.37. The lowest BCUT2D eigenvalue weighted by Gasteiger charge is -2.30. The van der Waals surface area contributed by atoms with E-state index in [0.717, 1.165) is 12.8 Å². The number of hydrogen-bond acceptors (Lipinski definition) is 4. The van der Waals surface area contributed by atoms with Crippen LogP contribution in [-0.4, -0.2) is 39.5 Å². The maximum Gasteiger partial charge on any atom is 0.243 e. The number of nitrogens with zero attached hydrogens (tertiary/aromatic N) is 1. The molecule has 1 aromatic carbocycles. The molecule has 1 aromatic rings. The van der Waals surface area contributed by atoms with Gasteiger partial charge in [-0.05, 0) is 37.0 Å². The molecule has 0 bridgehead atoms. The number of piperidine rings is 1. The number of nitrogens with two attached hydrogens (primary N) is 1. The Morgan fingerprint density at radius 3 is 2.60 bits per heavy atom. The van der Waals surface area contributed by atoms with Gasteiger partial charge < -0.3 is 10.5 Å². The molecule has 2 rings (SSSR count). The maximum atomic E-state index is 12.5. The van der Waals surface area contributed by atoms with Crippen molar-refractivity contribution in [1.82, 2.24) is 4.31 Å². The van der Waals surface area contributed by atoms with Gasteiger partial charge in [0.25, 0.3) is 0 Å². The summed E-state index contributed by atoms with van der Waals surface area (Å²) in [7, 11) is -1.82. The quantitative estimate of drug-likeness (QED) is 0.861. The molecule has 5 nitrogen and oxygen atoms in total. The van der Waals surface area contributed by atoms with Crippen LogP contribution in [0.3, 0.4) is 0 Å². The average Bonchev–Trinajstić information content (AvgIpc) is 2.43. The Morgan fingerprint density at radius 2 is 2.05 bits per heavy atom. The molecule has 112 valence electrons. The van der Waals surface area contributed by atoms with Gasteiger partial charge in [0.2, 0.25) is 10.0 Å². The number of hydrogen-bond donors (Lipinski definition) is 1. The van der Waals surface area contributed by atoms with Gasteiger partial charge in [-0.15, -0.1) is 0 Å². The Kier molecular flexibility index (Phi) is 4.90. The molecule has 0 radical (unpaired) electrons. The van der Waals surface area contributed by atoms with Gasteiger partial charge >= 0.3 is 0 Å². The number of anilines is 1. The van der Waals surface area contributed by atoms with E-state index in [1.165, 1.54) is 22.5 Å². The van der Waals surface area contributed by atoms with Crippen molar-refractivity contribution in [2.45, 2.75) is 17.7 Å². The first-order valence-electron chi connectivity index (χ1n) is 6.49. The van der Waals surface area contributed by atoms with Crippen LogP contribution in [0.2, 0.25) is 5.02 Å². The van der Waals surface area contributed by atoms with Gasteiger partial charge in [0.05, 0.1) is 15.6 Å². The zero-order valence-corrected chi connectivity index (χ0v) is 13.0. The van der Waals surface area contributed by atoms with Crippen LogP contribution in [0, 0.1) is 5.92 Å². The number of ether oxygens (including phenoxy) is 1. The first-order chi connectivity index (χ1) is 9.45. The van der Waals surface area contributed by atoms with Crippen molar-refractivity contribution in [1.29, 1.82) is 0 Å². The smallest absolute Gasteiger partial charge is 0.243 e. The lowest BCUT2D eigenvalue weighted by atomic mass is 9.99. The highest BCUT2D eigenvalue weighted by Gasteiger charge is 2.29. The van der Waals surface area contributed by atoms with Crippen LogP contribution in [0.1, 0.15) is 12.8 Å². The van der Waals surface area contributed by atoms with Gasteiger partial charge in [0.1, 0.15) is 0 Å². The first-order valence-corrected chi connectivity index (χ1v) is 8.31. The number of rotatable bonds is 4. The average molecular weight is 319 g/mol. The number of sulfonamides is 1. The van der Waals surface area contributed by atoms with E-state index in [1.54, 1.807) is 7.11 Å². The minimum absolute atomic E-state index is 0.196. The maximum absolute atomic E-state index is 12.5. The molecule has 7 heteroatoms. The predicted molar refractivity (Wildman–Crippen MR) is 79.2 cm³/mol. The summed E-state index contributed by atoms with van der Waals surface area (Å²) < 4.78 is 31.6. The number of methoxy groups -OCH3 is 1. The summed E-state index contributed by atoms with van der Waals surface area (Å²) in [6.45, 7) is 1.71. The molecule has 1 aliphatic heterocycles. The summed E-state index contributed by atoms with van der Waals surface area (Å²) in [5.74, 6) is 0.432. The molecule has 1 heterocycles. The Balaban J connectivity index is 2.13. The highest BCUT2D eigenvalue weighted by atomic mass is 35.5. The molecule has 1 aliphatic rings. The molecular weight excluding hydrogens is 300 g/mol. The minimum Gasteiger partial charge on any atom is -0.398 e. The van der Waals surface area contributed by atoms with Crippen LogP contribution in [0.4, 0.5) is 5.69 Å². The Morgan fingerprint density at radius 1 is 1.40 bits per heavy atom. The summed E-state index contributed by atoms with van der Waals surface area (Å²) in [6.07, 6.45) is 1.63. The highest BCUT2D eigenvalue weighted by Crippen LogP contribution is 2.27. The fourth-order valence-corrected chi connectivity index (χ4v) is 4.11. The van der Waals surface area contributed by atoms with Crippen molar-refractivity contribution in [3.05, 3.63) is 23.2 Å². The van der Waals surface area contributed by atoms with Gasteiger partial charge in [-0.1, -0.05) is 11.6 Å². The van der Waals surface area contributed by atoms with Crippen molar-refractivity contribution in [3.8, 4) is 0 Å². The van der Waals surface area contributed by atoms with Gasteiger partial charge in [-0.3, -0.25) is 0 Å². The number of halogens is 1. The first kappa shape index (κ1) is 15.6. The number of benzene rings is 1. The van der Waals surface area contributed by atoms with E-state index in [2.05, 4.69) is 0 Å². The Labute approximate surface area is 124 Å². The van der Waals surface area contributed by atoms with Gasteiger partial charge in [-0.2, -0.15) is 4.31 Å². The SMILES string of the molecule is COCC1CCN(S(=O)(=O)c2ccc(N)c(Cl)c2)CC1. The van der Waals surface area contributed by atoms with E-state index < -0.39 is 10.0 Å². The third-order valence-electron chi connectivity index (χ3n) is 3.59. The standard InChI is InChI=1S/C13H19ClN2O3S/c1-19-9-10-4-6-16(7-5-10)20(17,18)11-2-3-13(15)12(14)8-11/h2-3,8,10H,4-7,9,15H2,1H3. The van der Waals surface area contributed by atoms with Crippen molar-refractivity contribution in [3.63, 3.8) is 0 Å². The zero-order chi connectivity index (χ0) is 14.8. The minimum atomic E-state index is -3.49. The summed E-state index contributed by atoms with van der Waals surface area (Å²) >= 11 is 5.90. The molecular formula is C13H19ClN2O3S. The molecule has 0 amide bonds. The van der Waals surface area contributed by atoms with E-state index in [0.29, 0.717) is 31.3 Å². The van der Waals surface area contributed by atoms with Gasteiger partial charge in [0, 0.05) is 26.8 Å². The Bertz CT molecular complexity index is 569. The van der Waals surface area contributed by atoms with E-state index in [-0.39, 0.29) is 9.92 Å². The molecule has 20 heavy (non-hydrogen) atoms. The second kappa shape index (κ2) is 6.30. The largest absolute Gasteiger partial charge is 0.398 e. The summed E-state index contributed by atoms with van der Waals surface area (Å²) in [5.41, 5.74) is 5.99. The normalized spacial score (nSPS) is 18.3. The second-order valence-corrected chi connectivity index (χ2v) is 7.33. The second-order valence-electron chi connectivity index (χ2n) is 4.99. The molecule has 0 spiro atoms. The summed E-state index contributed by atoms with van der Waals surface area (Å²) in [4.78, 5) is 0.196. The highest BCUT2D eigenvalue weighted by molar-refractivity contribution is 7.89. The van der Waals surface area contributed by atoms with Gasteiger partial charge in [0.15, 0.2) is 0 Å². The predicted octanol–water partition coefficient (Wildman–Crippen LogP) is 1.97. The van der Waals surface area contributed by atoms with E-state index in [4.69, 9.17) is 22.1 Å². The van der Waals surface area contributed by atoms with Crippen LogP contribution in [0.5, 0.6) is 0 Å². The van der Waals surface area contributed by atoms with E-state index in [1.807, 2.05) is 0 Å².